The lowest BCUT2D eigenvalue weighted by Crippen LogP contribution is -2.16. The first-order chi connectivity index (χ1) is 7.95. The Labute approximate surface area is 109 Å². The summed E-state index contributed by atoms with van der Waals surface area (Å²) in [6.45, 7) is 2.46. The van der Waals surface area contributed by atoms with Crippen molar-refractivity contribution in [2.75, 3.05) is 18.1 Å². The number of hydrogen-bond acceptors (Lipinski definition) is 3. The molecule has 0 aliphatic rings. The topological polar surface area (TPSA) is 38.0 Å². The van der Waals surface area contributed by atoms with Crippen molar-refractivity contribution in [3.8, 4) is 0 Å². The van der Waals surface area contributed by atoms with Gasteiger partial charge in [-0.2, -0.15) is 11.8 Å². The van der Waals surface area contributed by atoms with Gasteiger partial charge in [0.15, 0.2) is 0 Å². The van der Waals surface area contributed by atoms with Crippen LogP contribution in [0.4, 0.5) is 14.5 Å². The molecule has 17 heavy (non-hydrogen) atoms. The highest BCUT2D eigenvalue weighted by molar-refractivity contribution is 7.99. The van der Waals surface area contributed by atoms with Gasteiger partial charge in [-0.1, -0.05) is 19.1 Å². The average molecular weight is 276 g/mol. The van der Waals surface area contributed by atoms with Gasteiger partial charge in [0.1, 0.15) is 22.3 Å². The van der Waals surface area contributed by atoms with Crippen LogP contribution < -0.4 is 11.1 Å². The largest absolute Gasteiger partial charge is 0.389 e. The third kappa shape index (κ3) is 3.81. The highest BCUT2D eigenvalue weighted by Gasteiger charge is 2.12. The molecule has 1 aromatic carbocycles. The number of rotatable bonds is 5. The first-order valence-electron chi connectivity index (χ1n) is 5.01. The number of halogens is 2. The Morgan fingerprint density at radius 3 is 2.41 bits per heavy atom. The molecule has 0 radical (unpaired) electrons. The summed E-state index contributed by atoms with van der Waals surface area (Å²) in [4.78, 5) is -0.0215. The minimum atomic E-state index is -0.680. The Morgan fingerprint density at radius 2 is 2.00 bits per heavy atom. The minimum absolute atomic E-state index is 0.0215. The van der Waals surface area contributed by atoms with Crippen LogP contribution in [-0.2, 0) is 0 Å². The second kappa shape index (κ2) is 6.16. The average Bonchev–Trinajstić information content (AvgIpc) is 2.27. The minimum Gasteiger partial charge on any atom is -0.389 e. The van der Waals surface area contributed by atoms with E-state index in [4.69, 9.17) is 5.73 Å². The van der Waals surface area contributed by atoms with E-state index in [-0.39, 0.29) is 21.5 Å². The van der Waals surface area contributed by atoms with Crippen molar-refractivity contribution in [2.45, 2.75) is 12.2 Å². The second-order valence-corrected chi connectivity index (χ2v) is 5.32. The Hall–Kier alpha value is -0.880. The van der Waals surface area contributed by atoms with Gasteiger partial charge in [0.25, 0.3) is 0 Å². The fourth-order valence-electron chi connectivity index (χ4n) is 1.21. The highest BCUT2D eigenvalue weighted by Crippen LogP contribution is 2.21. The van der Waals surface area contributed by atoms with Crippen LogP contribution in [0.2, 0.25) is 0 Å². The van der Waals surface area contributed by atoms with E-state index < -0.39 is 11.6 Å². The fourth-order valence-corrected chi connectivity index (χ4v) is 1.58. The molecule has 1 aromatic rings. The van der Waals surface area contributed by atoms with E-state index in [0.29, 0.717) is 6.54 Å². The lowest BCUT2D eigenvalue weighted by Gasteiger charge is -2.13. The van der Waals surface area contributed by atoms with E-state index in [1.165, 1.54) is 0 Å². The third-order valence-corrected chi connectivity index (χ3v) is 3.50. The first kappa shape index (κ1) is 14.2. The molecule has 0 aromatic heterocycles. The zero-order chi connectivity index (χ0) is 13.0. The van der Waals surface area contributed by atoms with Crippen LogP contribution in [0.5, 0.6) is 0 Å². The number of hydrogen-bond donors (Lipinski definition) is 2. The van der Waals surface area contributed by atoms with E-state index in [0.717, 1.165) is 12.1 Å². The standard InChI is InChI=1S/C11H14F2N2S2/c1-6(17-2)5-15-10-8(12)3-7(11(14)16)4-9(10)13/h3-4,6,15H,5H2,1-2H3,(H2,14,16). The Morgan fingerprint density at radius 1 is 1.47 bits per heavy atom. The van der Waals surface area contributed by atoms with Gasteiger partial charge in [0, 0.05) is 17.4 Å². The van der Waals surface area contributed by atoms with Crippen LogP contribution in [0, 0.1) is 11.6 Å². The van der Waals surface area contributed by atoms with Crippen LogP contribution in [0.3, 0.4) is 0 Å². The summed E-state index contributed by atoms with van der Waals surface area (Å²) < 4.78 is 27.2. The summed E-state index contributed by atoms with van der Waals surface area (Å²) in [5, 5.41) is 3.01. The van der Waals surface area contributed by atoms with Crippen LogP contribution in [0.1, 0.15) is 12.5 Å². The molecule has 1 atom stereocenters. The first-order valence-corrected chi connectivity index (χ1v) is 6.70. The summed E-state index contributed by atoms with van der Waals surface area (Å²) in [5.74, 6) is -1.36. The zero-order valence-corrected chi connectivity index (χ0v) is 11.2. The van der Waals surface area contributed by atoms with Crippen LogP contribution in [-0.4, -0.2) is 23.0 Å². The predicted octanol–water partition coefficient (Wildman–Crippen LogP) is 2.76. The fraction of sp³-hybridized carbons (Fsp3) is 0.364. The van der Waals surface area contributed by atoms with Crippen LogP contribution in [0.15, 0.2) is 12.1 Å². The normalized spacial score (nSPS) is 12.2. The molecular formula is C11H14F2N2S2. The van der Waals surface area contributed by atoms with Crippen molar-refractivity contribution in [1.29, 1.82) is 0 Å². The van der Waals surface area contributed by atoms with E-state index in [1.54, 1.807) is 11.8 Å². The highest BCUT2D eigenvalue weighted by atomic mass is 32.2. The molecule has 0 bridgehead atoms. The third-order valence-electron chi connectivity index (χ3n) is 2.30. The maximum Gasteiger partial charge on any atom is 0.150 e. The van der Waals surface area contributed by atoms with Gasteiger partial charge in [-0.3, -0.25) is 0 Å². The number of benzene rings is 1. The monoisotopic (exact) mass is 276 g/mol. The van der Waals surface area contributed by atoms with E-state index in [9.17, 15) is 8.78 Å². The summed E-state index contributed by atoms with van der Waals surface area (Å²) in [7, 11) is 0. The zero-order valence-electron chi connectivity index (χ0n) is 9.59. The van der Waals surface area contributed by atoms with Gasteiger partial charge in [-0.05, 0) is 18.4 Å². The number of thioether (sulfide) groups is 1. The molecule has 3 N–H and O–H groups in total. The molecular weight excluding hydrogens is 262 g/mol. The van der Waals surface area contributed by atoms with E-state index >= 15 is 0 Å². The van der Waals surface area contributed by atoms with Gasteiger partial charge >= 0.3 is 0 Å². The lowest BCUT2D eigenvalue weighted by atomic mass is 10.2. The van der Waals surface area contributed by atoms with E-state index in [1.807, 2.05) is 13.2 Å². The van der Waals surface area contributed by atoms with Crippen molar-refractivity contribution < 1.29 is 8.78 Å². The number of nitrogens with one attached hydrogen (secondary N) is 1. The maximum absolute atomic E-state index is 13.6. The molecule has 1 unspecified atom stereocenters. The molecule has 0 heterocycles. The van der Waals surface area contributed by atoms with Crippen molar-refractivity contribution in [3.63, 3.8) is 0 Å². The SMILES string of the molecule is CSC(C)CNc1c(F)cc(C(N)=S)cc1F. The van der Waals surface area contributed by atoms with Crippen molar-refractivity contribution in [1.82, 2.24) is 0 Å². The molecule has 0 aliphatic carbocycles. The summed E-state index contributed by atoms with van der Waals surface area (Å²) >= 11 is 6.29. The number of anilines is 1. The van der Waals surface area contributed by atoms with Crippen molar-refractivity contribution in [3.05, 3.63) is 29.3 Å². The maximum atomic E-state index is 13.6. The second-order valence-electron chi connectivity index (χ2n) is 3.61. The summed E-state index contributed by atoms with van der Waals surface area (Å²) in [6.07, 6.45) is 1.94. The Bertz CT molecular complexity index is 401. The van der Waals surface area contributed by atoms with Gasteiger partial charge in [0.2, 0.25) is 0 Å². The molecule has 1 rings (SSSR count). The number of nitrogens with two attached hydrogens (primary N) is 1. The van der Waals surface area contributed by atoms with Gasteiger partial charge in [0.05, 0.1) is 0 Å². The molecule has 0 spiro atoms. The predicted molar refractivity (Wildman–Crippen MR) is 73.7 cm³/mol. The van der Waals surface area contributed by atoms with Gasteiger partial charge in [-0.25, -0.2) is 8.78 Å². The molecule has 0 fully saturated rings. The number of thiocarbonyl (C=S) groups is 1. The molecule has 94 valence electrons. The molecule has 6 heteroatoms. The Kier molecular flexibility index (Phi) is 5.14. The Balaban J connectivity index is 2.90. The van der Waals surface area contributed by atoms with Gasteiger partial charge < -0.3 is 11.1 Å². The van der Waals surface area contributed by atoms with Crippen LogP contribution in [0.25, 0.3) is 0 Å². The van der Waals surface area contributed by atoms with Crippen molar-refractivity contribution >= 4 is 34.7 Å². The van der Waals surface area contributed by atoms with Crippen molar-refractivity contribution in [2.24, 2.45) is 5.73 Å². The summed E-state index contributed by atoms with van der Waals surface area (Å²) in [5.41, 5.74) is 5.38. The molecule has 2 nitrogen and oxygen atoms in total. The molecule has 0 aliphatic heterocycles. The molecule has 0 amide bonds. The quantitative estimate of drug-likeness (QED) is 0.811. The van der Waals surface area contributed by atoms with E-state index in [2.05, 4.69) is 17.5 Å². The van der Waals surface area contributed by atoms with Crippen LogP contribution >= 0.6 is 24.0 Å². The summed E-state index contributed by atoms with van der Waals surface area (Å²) in [6, 6.07) is 2.27. The molecule has 0 saturated heterocycles. The lowest BCUT2D eigenvalue weighted by molar-refractivity contribution is 0.587. The molecule has 0 saturated carbocycles. The smallest absolute Gasteiger partial charge is 0.150 e. The van der Waals surface area contributed by atoms with Gasteiger partial charge in [-0.15, -0.1) is 0 Å².